The third-order valence-corrected chi connectivity index (χ3v) is 3.26. The highest BCUT2D eigenvalue weighted by atomic mass is 79.9. The van der Waals surface area contributed by atoms with E-state index in [0.29, 0.717) is 6.61 Å². The first kappa shape index (κ1) is 14.3. The second-order valence-corrected chi connectivity index (χ2v) is 4.85. The fraction of sp³-hybridized carbons (Fsp3) is 0.500. The first-order valence-corrected chi connectivity index (χ1v) is 6.29. The number of hydrogen-bond donors (Lipinski definition) is 3. The zero-order valence-electron chi connectivity index (χ0n) is 10.2. The molecule has 1 rings (SSSR count). The maximum Gasteiger partial charge on any atom is 0.0633 e. The quantitative estimate of drug-likeness (QED) is 0.704. The van der Waals surface area contributed by atoms with Crippen molar-refractivity contribution in [2.75, 3.05) is 31.4 Å². The van der Waals surface area contributed by atoms with Gasteiger partial charge < -0.3 is 20.9 Å². The molecular weight excluding hydrogens is 284 g/mol. The van der Waals surface area contributed by atoms with Crippen LogP contribution in [0, 0.1) is 6.92 Å². The predicted octanol–water partition coefficient (Wildman–Crippen LogP) is 2.15. The minimum atomic E-state index is -0.0192. The van der Waals surface area contributed by atoms with Crippen molar-refractivity contribution < 1.29 is 9.84 Å². The molecule has 0 aliphatic heterocycles. The van der Waals surface area contributed by atoms with E-state index in [0.717, 1.165) is 27.8 Å². The topological polar surface area (TPSA) is 67.5 Å². The lowest BCUT2D eigenvalue weighted by atomic mass is 10.1. The van der Waals surface area contributed by atoms with E-state index >= 15 is 0 Å². The van der Waals surface area contributed by atoms with Crippen LogP contribution in [0.15, 0.2) is 16.6 Å². The number of anilines is 2. The Morgan fingerprint density at radius 1 is 1.53 bits per heavy atom. The van der Waals surface area contributed by atoms with Gasteiger partial charge in [0.15, 0.2) is 0 Å². The van der Waals surface area contributed by atoms with E-state index in [1.807, 2.05) is 19.1 Å². The first-order chi connectivity index (χ1) is 8.08. The molecule has 0 spiro atoms. The van der Waals surface area contributed by atoms with Crippen LogP contribution >= 0.6 is 15.9 Å². The van der Waals surface area contributed by atoms with Crippen LogP contribution in [0.5, 0.6) is 0 Å². The molecule has 1 unspecified atom stereocenters. The number of ether oxygens (including phenoxy) is 1. The Labute approximate surface area is 110 Å². The molecule has 0 aromatic heterocycles. The van der Waals surface area contributed by atoms with E-state index in [9.17, 15) is 5.11 Å². The number of halogens is 1. The van der Waals surface area contributed by atoms with Gasteiger partial charge in [0, 0.05) is 29.6 Å². The van der Waals surface area contributed by atoms with Crippen LogP contribution in [0.25, 0.3) is 0 Å². The largest absolute Gasteiger partial charge is 0.398 e. The molecule has 0 saturated carbocycles. The Morgan fingerprint density at radius 2 is 2.24 bits per heavy atom. The van der Waals surface area contributed by atoms with Crippen molar-refractivity contribution in [3.63, 3.8) is 0 Å². The van der Waals surface area contributed by atoms with Crippen LogP contribution in [0.2, 0.25) is 0 Å². The Morgan fingerprint density at radius 3 is 2.82 bits per heavy atom. The summed E-state index contributed by atoms with van der Waals surface area (Å²) in [5, 5.41) is 12.5. The van der Waals surface area contributed by atoms with Gasteiger partial charge in [0.05, 0.1) is 12.6 Å². The molecule has 1 aromatic rings. The molecule has 0 aliphatic rings. The van der Waals surface area contributed by atoms with Crippen molar-refractivity contribution >= 4 is 27.3 Å². The Bertz CT molecular complexity index is 372. The number of methoxy groups -OCH3 is 1. The smallest absolute Gasteiger partial charge is 0.0633 e. The lowest BCUT2D eigenvalue weighted by molar-refractivity contribution is 0.174. The van der Waals surface area contributed by atoms with Gasteiger partial charge in [0.2, 0.25) is 0 Å². The molecule has 1 aromatic carbocycles. The summed E-state index contributed by atoms with van der Waals surface area (Å²) in [6, 6.07) is 3.81. The van der Waals surface area contributed by atoms with Gasteiger partial charge in [-0.25, -0.2) is 0 Å². The fourth-order valence-electron chi connectivity index (χ4n) is 1.50. The predicted molar refractivity (Wildman–Crippen MR) is 74.3 cm³/mol. The molecule has 4 nitrogen and oxygen atoms in total. The zero-order chi connectivity index (χ0) is 12.8. The van der Waals surface area contributed by atoms with Gasteiger partial charge in [-0.1, -0.05) is 0 Å². The van der Waals surface area contributed by atoms with Crippen LogP contribution in [0.3, 0.4) is 0 Å². The lowest BCUT2D eigenvalue weighted by Gasteiger charge is -2.19. The van der Waals surface area contributed by atoms with Gasteiger partial charge in [-0.2, -0.15) is 0 Å². The Balaban J connectivity index is 2.75. The second-order valence-electron chi connectivity index (χ2n) is 3.99. The first-order valence-electron chi connectivity index (χ1n) is 5.50. The zero-order valence-corrected chi connectivity index (χ0v) is 11.8. The summed E-state index contributed by atoms with van der Waals surface area (Å²) in [6.45, 7) is 2.64. The molecule has 0 bridgehead atoms. The van der Waals surface area contributed by atoms with Crippen LogP contribution in [0.1, 0.15) is 12.0 Å². The standard InChI is InChI=1S/C12H19BrN2O2/c1-8-5-12(10(13)6-11(8)14)15-9(7-16)3-4-17-2/h5-6,9,15-16H,3-4,7,14H2,1-2H3. The Hall–Kier alpha value is -0.780. The number of nitrogens with two attached hydrogens (primary N) is 1. The number of nitrogen functional groups attached to an aromatic ring is 1. The average molecular weight is 303 g/mol. The molecule has 0 aliphatic carbocycles. The highest BCUT2D eigenvalue weighted by molar-refractivity contribution is 9.10. The molecule has 1 atom stereocenters. The normalized spacial score (nSPS) is 12.5. The molecule has 96 valence electrons. The van der Waals surface area contributed by atoms with Crippen molar-refractivity contribution in [1.29, 1.82) is 0 Å². The van der Waals surface area contributed by atoms with Gasteiger partial charge in [0.25, 0.3) is 0 Å². The van der Waals surface area contributed by atoms with E-state index in [1.165, 1.54) is 0 Å². The summed E-state index contributed by atoms with van der Waals surface area (Å²) >= 11 is 3.45. The van der Waals surface area contributed by atoms with Crippen molar-refractivity contribution in [2.45, 2.75) is 19.4 Å². The number of aliphatic hydroxyl groups excluding tert-OH is 1. The lowest BCUT2D eigenvalue weighted by Crippen LogP contribution is -2.25. The number of nitrogens with one attached hydrogen (secondary N) is 1. The van der Waals surface area contributed by atoms with E-state index in [2.05, 4.69) is 21.2 Å². The van der Waals surface area contributed by atoms with Crippen LogP contribution in [-0.4, -0.2) is 31.5 Å². The summed E-state index contributed by atoms with van der Waals surface area (Å²) in [5.74, 6) is 0. The monoisotopic (exact) mass is 302 g/mol. The number of rotatable bonds is 6. The molecule has 4 N–H and O–H groups in total. The number of aryl methyl sites for hydroxylation is 1. The second kappa shape index (κ2) is 6.83. The molecule has 0 fully saturated rings. The van der Waals surface area contributed by atoms with Crippen LogP contribution in [0.4, 0.5) is 11.4 Å². The molecule has 0 amide bonds. The maximum absolute atomic E-state index is 9.27. The minimum absolute atomic E-state index is 0.0192. The third-order valence-electron chi connectivity index (χ3n) is 2.61. The third kappa shape index (κ3) is 4.18. The fourth-order valence-corrected chi connectivity index (χ4v) is 1.97. The van der Waals surface area contributed by atoms with Crippen molar-refractivity contribution in [3.8, 4) is 0 Å². The minimum Gasteiger partial charge on any atom is -0.398 e. The molecule has 0 saturated heterocycles. The maximum atomic E-state index is 9.27. The van der Waals surface area contributed by atoms with Gasteiger partial charge in [-0.3, -0.25) is 0 Å². The van der Waals surface area contributed by atoms with E-state index in [4.69, 9.17) is 10.5 Å². The number of benzene rings is 1. The molecule has 5 heteroatoms. The van der Waals surface area contributed by atoms with Gasteiger partial charge in [-0.05, 0) is 47.0 Å². The summed E-state index contributed by atoms with van der Waals surface area (Å²) < 4.78 is 5.90. The highest BCUT2D eigenvalue weighted by Gasteiger charge is 2.10. The Kier molecular flexibility index (Phi) is 5.74. The van der Waals surface area contributed by atoms with E-state index < -0.39 is 0 Å². The molecule has 0 radical (unpaired) electrons. The summed E-state index contributed by atoms with van der Waals surface area (Å²) in [7, 11) is 1.65. The summed E-state index contributed by atoms with van der Waals surface area (Å²) in [6.07, 6.45) is 0.753. The molecule has 0 heterocycles. The van der Waals surface area contributed by atoms with Crippen molar-refractivity contribution in [1.82, 2.24) is 0 Å². The summed E-state index contributed by atoms with van der Waals surface area (Å²) in [4.78, 5) is 0. The van der Waals surface area contributed by atoms with Gasteiger partial charge in [-0.15, -0.1) is 0 Å². The van der Waals surface area contributed by atoms with Crippen LogP contribution < -0.4 is 11.1 Å². The van der Waals surface area contributed by atoms with Crippen LogP contribution in [-0.2, 0) is 4.74 Å². The van der Waals surface area contributed by atoms with E-state index in [-0.39, 0.29) is 12.6 Å². The SMILES string of the molecule is COCCC(CO)Nc1cc(C)c(N)cc1Br. The molecular formula is C12H19BrN2O2. The average Bonchev–Trinajstić information content (AvgIpc) is 2.30. The number of hydrogen-bond acceptors (Lipinski definition) is 4. The number of aliphatic hydroxyl groups is 1. The van der Waals surface area contributed by atoms with E-state index in [1.54, 1.807) is 7.11 Å². The molecule has 17 heavy (non-hydrogen) atoms. The highest BCUT2D eigenvalue weighted by Crippen LogP contribution is 2.28. The van der Waals surface area contributed by atoms with Crippen molar-refractivity contribution in [3.05, 3.63) is 22.2 Å². The van der Waals surface area contributed by atoms with Gasteiger partial charge >= 0.3 is 0 Å². The van der Waals surface area contributed by atoms with Crippen molar-refractivity contribution in [2.24, 2.45) is 0 Å². The summed E-state index contributed by atoms with van der Waals surface area (Å²) in [5.41, 5.74) is 8.51. The van der Waals surface area contributed by atoms with Gasteiger partial charge in [0.1, 0.15) is 0 Å².